The molecule has 0 radical (unpaired) electrons. The monoisotopic (exact) mass is 329 g/mol. The number of anilines is 1. The first-order chi connectivity index (χ1) is 11.4. The summed E-state index contributed by atoms with van der Waals surface area (Å²) in [6, 6.07) is 9.66. The molecule has 122 valence electrons. The number of carbonyl (C=O) groups is 2. The Bertz CT molecular complexity index is 859. The van der Waals surface area contributed by atoms with Crippen LogP contribution in [0, 0.1) is 11.6 Å². The highest BCUT2D eigenvalue weighted by Gasteiger charge is 2.44. The second-order valence-corrected chi connectivity index (χ2v) is 5.40. The molecular weight excluding hydrogens is 316 g/mol. The van der Waals surface area contributed by atoms with E-state index in [9.17, 15) is 23.5 Å². The molecule has 0 bridgehead atoms. The molecule has 2 aromatic carbocycles. The van der Waals surface area contributed by atoms with Crippen molar-refractivity contribution >= 4 is 17.4 Å². The van der Waals surface area contributed by atoms with Crippen LogP contribution in [0.4, 0.5) is 14.5 Å². The van der Waals surface area contributed by atoms with Gasteiger partial charge in [0.2, 0.25) is 0 Å². The number of benzene rings is 2. The number of rotatable bonds is 3. The standard InChI is InChI=1S/C18H13F2NO3/c1-10(22)15-16(11-6-8-12(19)9-7-11)21(18(24)17(15)23)14-5-3-2-4-13(14)20/h2-9,16,23H,1H3/t16-/m1/s1. The smallest absolute Gasteiger partial charge is 0.294 e. The van der Waals surface area contributed by atoms with Crippen LogP contribution in [0.1, 0.15) is 18.5 Å². The Labute approximate surface area is 136 Å². The Kier molecular flexibility index (Phi) is 3.89. The maximum Gasteiger partial charge on any atom is 0.294 e. The number of para-hydroxylation sites is 1. The minimum absolute atomic E-state index is 0.0698. The third-order valence-corrected chi connectivity index (χ3v) is 3.89. The first-order valence-electron chi connectivity index (χ1n) is 7.19. The molecule has 6 heteroatoms. The molecule has 3 rings (SSSR count). The molecule has 1 aliphatic heterocycles. The van der Waals surface area contributed by atoms with Gasteiger partial charge in [-0.3, -0.25) is 14.5 Å². The van der Waals surface area contributed by atoms with Crippen molar-refractivity contribution in [3.8, 4) is 0 Å². The highest BCUT2D eigenvalue weighted by Crippen LogP contribution is 2.41. The number of nitrogens with zero attached hydrogens (tertiary/aromatic N) is 1. The molecule has 1 aliphatic rings. The fourth-order valence-corrected chi connectivity index (χ4v) is 2.82. The Balaban J connectivity index is 2.21. The van der Waals surface area contributed by atoms with Gasteiger partial charge in [-0.25, -0.2) is 8.78 Å². The van der Waals surface area contributed by atoms with E-state index in [4.69, 9.17) is 0 Å². The van der Waals surface area contributed by atoms with E-state index in [2.05, 4.69) is 0 Å². The Morgan fingerprint density at radius 2 is 1.71 bits per heavy atom. The zero-order valence-electron chi connectivity index (χ0n) is 12.7. The lowest BCUT2D eigenvalue weighted by Crippen LogP contribution is -2.31. The van der Waals surface area contributed by atoms with E-state index in [1.807, 2.05) is 0 Å². The first-order valence-corrected chi connectivity index (χ1v) is 7.19. The van der Waals surface area contributed by atoms with Gasteiger partial charge in [0.1, 0.15) is 11.6 Å². The molecule has 1 amide bonds. The number of amides is 1. The molecule has 2 aromatic rings. The van der Waals surface area contributed by atoms with Crippen molar-refractivity contribution < 1.29 is 23.5 Å². The third kappa shape index (κ3) is 2.46. The molecule has 0 unspecified atom stereocenters. The number of aliphatic hydroxyl groups excluding tert-OH is 1. The molecule has 4 nitrogen and oxygen atoms in total. The average molecular weight is 329 g/mol. The second kappa shape index (κ2) is 5.88. The molecule has 0 fully saturated rings. The van der Waals surface area contributed by atoms with E-state index in [1.165, 1.54) is 55.5 Å². The molecule has 0 spiro atoms. The van der Waals surface area contributed by atoms with Gasteiger partial charge in [-0.15, -0.1) is 0 Å². The second-order valence-electron chi connectivity index (χ2n) is 5.40. The quantitative estimate of drug-likeness (QED) is 0.938. The van der Waals surface area contributed by atoms with Gasteiger partial charge in [0, 0.05) is 0 Å². The number of ketones is 1. The highest BCUT2D eigenvalue weighted by molar-refractivity contribution is 6.16. The number of Topliss-reactive ketones (excluding diaryl/α,β-unsaturated/α-hetero) is 1. The van der Waals surface area contributed by atoms with Crippen molar-refractivity contribution in [1.29, 1.82) is 0 Å². The normalized spacial score (nSPS) is 17.5. The fourth-order valence-electron chi connectivity index (χ4n) is 2.82. The van der Waals surface area contributed by atoms with Gasteiger partial charge in [0.05, 0.1) is 17.3 Å². The van der Waals surface area contributed by atoms with Crippen molar-refractivity contribution in [3.63, 3.8) is 0 Å². The van der Waals surface area contributed by atoms with Crippen LogP contribution >= 0.6 is 0 Å². The van der Waals surface area contributed by atoms with Crippen LogP contribution in [0.25, 0.3) is 0 Å². The molecule has 0 saturated heterocycles. The topological polar surface area (TPSA) is 57.6 Å². The van der Waals surface area contributed by atoms with E-state index in [0.29, 0.717) is 5.56 Å². The summed E-state index contributed by atoms with van der Waals surface area (Å²) in [7, 11) is 0. The maximum absolute atomic E-state index is 14.2. The predicted octanol–water partition coefficient (Wildman–Crippen LogP) is 3.45. The van der Waals surface area contributed by atoms with Crippen molar-refractivity contribution in [2.75, 3.05) is 4.90 Å². The van der Waals surface area contributed by atoms with Crippen LogP contribution in [0.3, 0.4) is 0 Å². The number of halogens is 2. The summed E-state index contributed by atoms with van der Waals surface area (Å²) in [5.74, 6) is -3.28. The van der Waals surface area contributed by atoms with Gasteiger partial charge >= 0.3 is 0 Å². The number of hydrogen-bond donors (Lipinski definition) is 1. The van der Waals surface area contributed by atoms with Gasteiger partial charge in [-0.05, 0) is 36.8 Å². The summed E-state index contributed by atoms with van der Waals surface area (Å²) in [5, 5.41) is 10.1. The van der Waals surface area contributed by atoms with Crippen LogP contribution in [0.5, 0.6) is 0 Å². The van der Waals surface area contributed by atoms with Crippen LogP contribution in [-0.2, 0) is 9.59 Å². The fraction of sp³-hybridized carbons (Fsp3) is 0.111. The van der Waals surface area contributed by atoms with E-state index in [0.717, 1.165) is 4.90 Å². The summed E-state index contributed by atoms with van der Waals surface area (Å²) in [6.45, 7) is 1.21. The van der Waals surface area contributed by atoms with Crippen LogP contribution in [-0.4, -0.2) is 16.8 Å². The zero-order valence-corrected chi connectivity index (χ0v) is 12.7. The minimum Gasteiger partial charge on any atom is -0.503 e. The van der Waals surface area contributed by atoms with Crippen LogP contribution in [0.15, 0.2) is 59.9 Å². The number of aliphatic hydroxyl groups is 1. The lowest BCUT2D eigenvalue weighted by molar-refractivity contribution is -0.117. The Hall–Kier alpha value is -3.02. The maximum atomic E-state index is 14.2. The number of carbonyl (C=O) groups excluding carboxylic acids is 2. The van der Waals surface area contributed by atoms with Crippen molar-refractivity contribution in [3.05, 3.63) is 77.1 Å². The molecule has 0 aromatic heterocycles. The van der Waals surface area contributed by atoms with E-state index in [-0.39, 0.29) is 11.3 Å². The van der Waals surface area contributed by atoms with Crippen molar-refractivity contribution in [2.45, 2.75) is 13.0 Å². The largest absolute Gasteiger partial charge is 0.503 e. The molecule has 1 heterocycles. The minimum atomic E-state index is -1.02. The van der Waals surface area contributed by atoms with Gasteiger partial charge in [0.15, 0.2) is 11.5 Å². The van der Waals surface area contributed by atoms with E-state index < -0.39 is 35.1 Å². The SMILES string of the molecule is CC(=O)C1=C(O)C(=O)N(c2ccccc2F)[C@@H]1c1ccc(F)cc1. The van der Waals surface area contributed by atoms with E-state index in [1.54, 1.807) is 0 Å². The van der Waals surface area contributed by atoms with Gasteiger partial charge in [0.25, 0.3) is 5.91 Å². The van der Waals surface area contributed by atoms with E-state index >= 15 is 0 Å². The molecule has 0 aliphatic carbocycles. The Morgan fingerprint density at radius 1 is 1.08 bits per heavy atom. The zero-order chi connectivity index (χ0) is 17.4. The Morgan fingerprint density at radius 3 is 2.29 bits per heavy atom. The summed E-state index contributed by atoms with van der Waals surface area (Å²) in [4.78, 5) is 25.4. The third-order valence-electron chi connectivity index (χ3n) is 3.89. The summed E-state index contributed by atoms with van der Waals surface area (Å²) >= 11 is 0. The molecule has 0 saturated carbocycles. The van der Waals surface area contributed by atoms with Gasteiger partial charge in [-0.1, -0.05) is 24.3 Å². The summed E-state index contributed by atoms with van der Waals surface area (Å²) < 4.78 is 27.4. The summed E-state index contributed by atoms with van der Waals surface area (Å²) in [5.41, 5.74) is 0.178. The van der Waals surface area contributed by atoms with Crippen molar-refractivity contribution in [2.24, 2.45) is 0 Å². The van der Waals surface area contributed by atoms with Crippen LogP contribution in [0.2, 0.25) is 0 Å². The average Bonchev–Trinajstić information content (AvgIpc) is 2.81. The van der Waals surface area contributed by atoms with Crippen LogP contribution < -0.4 is 4.90 Å². The number of hydrogen-bond acceptors (Lipinski definition) is 3. The lowest BCUT2D eigenvalue weighted by Gasteiger charge is -2.27. The van der Waals surface area contributed by atoms with Gasteiger partial charge in [-0.2, -0.15) is 0 Å². The lowest BCUT2D eigenvalue weighted by atomic mass is 9.96. The molecular formula is C18H13F2NO3. The molecule has 1 atom stereocenters. The first kappa shape index (κ1) is 15.9. The summed E-state index contributed by atoms with van der Waals surface area (Å²) in [6.07, 6.45) is 0. The highest BCUT2D eigenvalue weighted by atomic mass is 19.1. The molecule has 24 heavy (non-hydrogen) atoms. The van der Waals surface area contributed by atoms with Gasteiger partial charge < -0.3 is 5.11 Å². The van der Waals surface area contributed by atoms with Crippen molar-refractivity contribution in [1.82, 2.24) is 0 Å². The molecule has 1 N–H and O–H groups in total. The predicted molar refractivity (Wildman–Crippen MR) is 83.4 cm³/mol.